The molecule has 0 bridgehead atoms. The molecule has 5 atom stereocenters. The average molecular weight is 1450 g/mol. The van der Waals surface area contributed by atoms with E-state index in [-0.39, 0.29) is 25.7 Å². The first-order chi connectivity index (χ1) is 48.0. The van der Waals surface area contributed by atoms with Crippen LogP contribution in [-0.2, 0) is 65.4 Å². The minimum atomic E-state index is -4.97. The van der Waals surface area contributed by atoms with Crippen LogP contribution in [-0.4, -0.2) is 96.7 Å². The monoisotopic (exact) mass is 1450 g/mol. The highest BCUT2D eigenvalue weighted by Crippen LogP contribution is 2.45. The van der Waals surface area contributed by atoms with E-state index in [0.29, 0.717) is 25.7 Å². The summed E-state index contributed by atoms with van der Waals surface area (Å²) in [6.45, 7) is 7.24. The molecular weight excluding hydrogens is 1290 g/mol. The van der Waals surface area contributed by atoms with Crippen molar-refractivity contribution in [2.75, 3.05) is 39.6 Å². The predicted octanol–water partition coefficient (Wildman–Crippen LogP) is 23.6. The lowest BCUT2D eigenvalue weighted by Gasteiger charge is -2.21. The van der Waals surface area contributed by atoms with Crippen LogP contribution in [0, 0.1) is 5.92 Å². The van der Waals surface area contributed by atoms with E-state index in [2.05, 4.69) is 58.9 Å². The number of hydrogen-bond donors (Lipinski definition) is 3. The summed E-state index contributed by atoms with van der Waals surface area (Å²) in [6, 6.07) is 0. The molecule has 0 rings (SSSR count). The second kappa shape index (κ2) is 72.5. The second-order valence-electron chi connectivity index (χ2n) is 28.6. The van der Waals surface area contributed by atoms with Gasteiger partial charge in [-0.25, -0.2) is 9.13 Å². The molecule has 17 nitrogen and oxygen atoms in total. The standard InChI is InChI=1S/C80H152O17P2/c1-6-9-12-15-18-21-24-27-30-31-32-34-37-40-45-51-56-61-66-80(85)96-75(69-90-77(82)63-58-53-48-43-38-36-33-28-25-22-19-16-13-10-7-2)71-94-98(86,87)92-67-74(81)68-93-99(88,89)95-72-76(70-91-78(83)64-59-54-49-46-41-42-47-52-57-62-73(4)5)97-79(84)65-60-55-50-44-39-35-29-26-23-20-17-14-11-8-3/h22,25,28,33,73-76,81H,6-21,23-24,26-27,29-32,34-72H2,1-5H3,(H,86,87)(H,88,89)/b25-22-,33-28-/t74-,75-,76-/m1/s1. The van der Waals surface area contributed by atoms with E-state index in [0.717, 1.165) is 115 Å². The lowest BCUT2D eigenvalue weighted by atomic mass is 10.0. The highest BCUT2D eigenvalue weighted by Gasteiger charge is 2.30. The van der Waals surface area contributed by atoms with E-state index in [1.807, 2.05) is 0 Å². The molecule has 0 aliphatic carbocycles. The van der Waals surface area contributed by atoms with E-state index in [4.69, 9.17) is 37.0 Å². The van der Waals surface area contributed by atoms with Crippen LogP contribution in [0.25, 0.3) is 0 Å². The highest BCUT2D eigenvalue weighted by molar-refractivity contribution is 7.47. The summed E-state index contributed by atoms with van der Waals surface area (Å²) < 4.78 is 68.7. The predicted molar refractivity (Wildman–Crippen MR) is 404 cm³/mol. The third-order valence-corrected chi connectivity index (χ3v) is 20.1. The first-order valence-electron chi connectivity index (χ1n) is 41.0. The number of allylic oxidation sites excluding steroid dienone is 4. The summed E-state index contributed by atoms with van der Waals surface area (Å²) in [5.41, 5.74) is 0. The number of esters is 4. The van der Waals surface area contributed by atoms with Gasteiger partial charge in [0.25, 0.3) is 0 Å². The first-order valence-corrected chi connectivity index (χ1v) is 43.9. The largest absolute Gasteiger partial charge is 0.472 e. The molecule has 0 aromatic rings. The van der Waals surface area contributed by atoms with Gasteiger partial charge < -0.3 is 33.8 Å². The van der Waals surface area contributed by atoms with Crippen LogP contribution in [0.15, 0.2) is 24.3 Å². The Bertz CT molecular complexity index is 1990. The average Bonchev–Trinajstić information content (AvgIpc) is 1.16. The number of phosphoric ester groups is 2. The highest BCUT2D eigenvalue weighted by atomic mass is 31.2. The maximum absolute atomic E-state index is 13.1. The maximum atomic E-state index is 13.1. The Labute approximate surface area is 605 Å². The van der Waals surface area contributed by atoms with Crippen molar-refractivity contribution in [2.45, 2.75) is 419 Å². The summed E-state index contributed by atoms with van der Waals surface area (Å²) in [4.78, 5) is 73.0. The van der Waals surface area contributed by atoms with Crippen LogP contribution in [0.5, 0.6) is 0 Å². The van der Waals surface area contributed by atoms with E-state index >= 15 is 0 Å². The molecule has 0 fully saturated rings. The van der Waals surface area contributed by atoms with E-state index in [9.17, 15) is 43.2 Å². The van der Waals surface area contributed by atoms with Crippen LogP contribution in [0.3, 0.4) is 0 Å². The molecule has 2 unspecified atom stereocenters. The van der Waals surface area contributed by atoms with Gasteiger partial charge in [0, 0.05) is 25.7 Å². The summed E-state index contributed by atoms with van der Waals surface area (Å²) in [5, 5.41) is 10.6. The van der Waals surface area contributed by atoms with Crippen molar-refractivity contribution in [3.63, 3.8) is 0 Å². The molecule has 0 aliphatic heterocycles. The summed E-state index contributed by atoms with van der Waals surface area (Å²) in [6.07, 6.45) is 65.9. The molecule has 584 valence electrons. The number of carbonyl (C=O) groups excluding carboxylic acids is 4. The van der Waals surface area contributed by atoms with Gasteiger partial charge >= 0.3 is 39.5 Å². The molecule has 3 N–H and O–H groups in total. The number of carbonyl (C=O) groups is 4. The zero-order chi connectivity index (χ0) is 72.7. The smallest absolute Gasteiger partial charge is 0.462 e. The fourth-order valence-electron chi connectivity index (χ4n) is 11.9. The number of unbranched alkanes of at least 4 members (excludes halogenated alkanes) is 47. The molecule has 19 heteroatoms. The van der Waals surface area contributed by atoms with E-state index in [1.54, 1.807) is 0 Å². The van der Waals surface area contributed by atoms with Gasteiger partial charge in [0.05, 0.1) is 26.4 Å². The summed E-state index contributed by atoms with van der Waals surface area (Å²) >= 11 is 0. The summed E-state index contributed by atoms with van der Waals surface area (Å²) in [5.74, 6) is -1.39. The molecule has 0 aromatic carbocycles. The molecule has 0 spiro atoms. The lowest BCUT2D eigenvalue weighted by Crippen LogP contribution is -2.30. The van der Waals surface area contributed by atoms with Gasteiger partial charge in [-0.3, -0.25) is 37.3 Å². The molecular formula is C80H152O17P2. The number of aliphatic hydroxyl groups is 1. The molecule has 0 aliphatic rings. The topological polar surface area (TPSA) is 237 Å². The van der Waals surface area contributed by atoms with E-state index < -0.39 is 97.5 Å². The molecule has 0 saturated heterocycles. The van der Waals surface area contributed by atoms with Crippen molar-refractivity contribution in [3.8, 4) is 0 Å². The zero-order valence-electron chi connectivity index (χ0n) is 64.1. The third-order valence-electron chi connectivity index (χ3n) is 18.2. The Morgan fingerprint density at radius 1 is 0.313 bits per heavy atom. The molecule has 0 aromatic heterocycles. The fraction of sp³-hybridized carbons (Fsp3) is 0.900. The fourth-order valence-corrected chi connectivity index (χ4v) is 13.4. The number of ether oxygens (including phenoxy) is 4. The van der Waals surface area contributed by atoms with Crippen LogP contribution in [0.2, 0.25) is 0 Å². The number of aliphatic hydroxyl groups excluding tert-OH is 1. The van der Waals surface area contributed by atoms with Crippen molar-refractivity contribution in [2.24, 2.45) is 5.92 Å². The number of phosphoric acid groups is 2. The van der Waals surface area contributed by atoms with Gasteiger partial charge in [0.15, 0.2) is 12.2 Å². The SMILES string of the molecule is CCCCCC/C=C\C=C/CCCCCCCC(=O)OC[C@H](COP(=O)(O)OC[C@@H](O)COP(=O)(O)OC[C@@H](COC(=O)CCCCCCCCCCCC(C)C)OC(=O)CCCCCCCCCCCCCCCC)OC(=O)CCCCCCCCCCCCCCCCCCCC. The van der Waals surface area contributed by atoms with Crippen LogP contribution >= 0.6 is 15.6 Å². The Hall–Kier alpha value is -2.46. The zero-order valence-corrected chi connectivity index (χ0v) is 65.9. The van der Waals surface area contributed by atoms with Crippen LogP contribution in [0.4, 0.5) is 0 Å². The Kier molecular flexibility index (Phi) is 70.7. The summed E-state index contributed by atoms with van der Waals surface area (Å²) in [7, 11) is -9.93. The maximum Gasteiger partial charge on any atom is 0.472 e. The molecule has 0 amide bonds. The second-order valence-corrected chi connectivity index (χ2v) is 31.5. The van der Waals surface area contributed by atoms with Crippen molar-refractivity contribution in [3.05, 3.63) is 24.3 Å². The first kappa shape index (κ1) is 96.5. The molecule has 0 saturated carbocycles. The normalized spacial score (nSPS) is 14.0. The van der Waals surface area contributed by atoms with Crippen LogP contribution < -0.4 is 0 Å². The molecule has 0 radical (unpaired) electrons. The van der Waals surface area contributed by atoms with Gasteiger partial charge in [-0.15, -0.1) is 0 Å². The van der Waals surface area contributed by atoms with Gasteiger partial charge in [0.1, 0.15) is 19.3 Å². The minimum Gasteiger partial charge on any atom is -0.462 e. The molecule has 0 heterocycles. The quantitative estimate of drug-likeness (QED) is 0.0169. The lowest BCUT2D eigenvalue weighted by molar-refractivity contribution is -0.161. The van der Waals surface area contributed by atoms with Gasteiger partial charge in [0.2, 0.25) is 0 Å². The minimum absolute atomic E-state index is 0.102. The Morgan fingerprint density at radius 2 is 0.545 bits per heavy atom. The van der Waals surface area contributed by atoms with Crippen molar-refractivity contribution < 1.29 is 80.2 Å². The number of hydrogen-bond acceptors (Lipinski definition) is 15. The Morgan fingerprint density at radius 3 is 0.828 bits per heavy atom. The van der Waals surface area contributed by atoms with E-state index in [1.165, 1.54) is 205 Å². The van der Waals surface area contributed by atoms with Gasteiger partial charge in [-0.05, 0) is 57.3 Å². The Balaban J connectivity index is 5.29. The van der Waals surface area contributed by atoms with Crippen molar-refractivity contribution >= 4 is 39.5 Å². The van der Waals surface area contributed by atoms with Gasteiger partial charge in [-0.2, -0.15) is 0 Å². The van der Waals surface area contributed by atoms with Crippen molar-refractivity contribution in [1.82, 2.24) is 0 Å². The third kappa shape index (κ3) is 73.6. The number of rotatable bonds is 78. The van der Waals surface area contributed by atoms with Gasteiger partial charge in [-0.1, -0.05) is 348 Å². The van der Waals surface area contributed by atoms with Crippen molar-refractivity contribution in [1.29, 1.82) is 0 Å². The molecule has 99 heavy (non-hydrogen) atoms. The van der Waals surface area contributed by atoms with Crippen LogP contribution in [0.1, 0.15) is 401 Å².